The van der Waals surface area contributed by atoms with Gasteiger partial charge in [0.05, 0.1) is 6.61 Å². The maximum absolute atomic E-state index is 9.41. The van der Waals surface area contributed by atoms with Crippen LogP contribution in [0.4, 0.5) is 0 Å². The molecule has 0 aliphatic carbocycles. The van der Waals surface area contributed by atoms with Gasteiger partial charge in [-0.3, -0.25) is 4.90 Å². The first-order chi connectivity index (χ1) is 6.43. The lowest BCUT2D eigenvalue weighted by Crippen LogP contribution is -2.53. The zero-order valence-corrected chi connectivity index (χ0v) is 10.3. The van der Waals surface area contributed by atoms with E-state index in [4.69, 9.17) is 11.6 Å². The lowest BCUT2D eigenvalue weighted by atomic mass is 9.81. The molecule has 1 rings (SSSR count). The third-order valence-corrected chi connectivity index (χ3v) is 3.80. The van der Waals surface area contributed by atoms with Gasteiger partial charge in [0.25, 0.3) is 0 Å². The van der Waals surface area contributed by atoms with Crippen molar-refractivity contribution in [2.75, 3.05) is 25.6 Å². The van der Waals surface area contributed by atoms with Crippen LogP contribution in [0.15, 0.2) is 0 Å². The third kappa shape index (κ3) is 2.62. The van der Waals surface area contributed by atoms with Crippen molar-refractivity contribution in [3.05, 3.63) is 0 Å². The number of halogens is 1. The van der Waals surface area contributed by atoms with Gasteiger partial charge in [0.1, 0.15) is 0 Å². The Balaban J connectivity index is 2.68. The van der Waals surface area contributed by atoms with E-state index in [0.29, 0.717) is 5.88 Å². The molecule has 3 heteroatoms. The van der Waals surface area contributed by atoms with E-state index in [-0.39, 0.29) is 17.6 Å². The van der Waals surface area contributed by atoms with Crippen molar-refractivity contribution in [3.8, 4) is 0 Å². The standard InChI is InChI=1S/C11H22ClNO/c1-10(2,3)13-6-4-5-11(7-12,8-13)9-14/h14H,4-9H2,1-3H3/t11-/m1/s1. The number of rotatable bonds is 2. The summed E-state index contributed by atoms with van der Waals surface area (Å²) in [5, 5.41) is 9.41. The number of likely N-dealkylation sites (tertiary alicyclic amines) is 1. The number of aliphatic hydroxyl groups is 1. The Bertz CT molecular complexity index is 184. The summed E-state index contributed by atoms with van der Waals surface area (Å²) in [5.74, 6) is 0.566. The van der Waals surface area contributed by atoms with Crippen molar-refractivity contribution in [1.82, 2.24) is 4.90 Å². The SMILES string of the molecule is CC(C)(C)N1CCC[C@@](CO)(CCl)C1. The van der Waals surface area contributed by atoms with Crippen LogP contribution in [-0.2, 0) is 0 Å². The summed E-state index contributed by atoms with van der Waals surface area (Å²) in [4.78, 5) is 2.43. The Hall–Kier alpha value is 0.210. The Morgan fingerprint density at radius 2 is 2.07 bits per heavy atom. The fourth-order valence-electron chi connectivity index (χ4n) is 2.06. The van der Waals surface area contributed by atoms with Gasteiger partial charge in [0, 0.05) is 23.4 Å². The van der Waals surface area contributed by atoms with E-state index in [1.165, 1.54) is 0 Å². The number of piperidine rings is 1. The molecule has 2 nitrogen and oxygen atoms in total. The number of hydrogen-bond acceptors (Lipinski definition) is 2. The summed E-state index contributed by atoms with van der Waals surface area (Å²) in [6.07, 6.45) is 2.20. The van der Waals surface area contributed by atoms with Gasteiger partial charge >= 0.3 is 0 Å². The average Bonchev–Trinajstić information content (AvgIpc) is 2.16. The molecule has 1 aliphatic heterocycles. The molecule has 0 radical (unpaired) electrons. The minimum atomic E-state index is -0.0624. The second-order valence-corrected chi connectivity index (χ2v) is 5.75. The first-order valence-corrected chi connectivity index (χ1v) is 5.89. The molecule has 1 N–H and O–H groups in total. The van der Waals surface area contributed by atoms with Gasteiger partial charge in [0.15, 0.2) is 0 Å². The Morgan fingerprint density at radius 1 is 1.43 bits per heavy atom. The first-order valence-electron chi connectivity index (χ1n) is 5.35. The van der Waals surface area contributed by atoms with Gasteiger partial charge in [-0.2, -0.15) is 0 Å². The minimum Gasteiger partial charge on any atom is -0.396 e. The van der Waals surface area contributed by atoms with Crippen LogP contribution in [0, 0.1) is 5.41 Å². The minimum absolute atomic E-state index is 0.0624. The summed E-state index contributed by atoms with van der Waals surface area (Å²) in [7, 11) is 0. The predicted molar refractivity (Wildman–Crippen MR) is 60.8 cm³/mol. The highest BCUT2D eigenvalue weighted by Crippen LogP contribution is 2.33. The van der Waals surface area contributed by atoms with E-state index in [9.17, 15) is 5.11 Å². The molecule has 84 valence electrons. The van der Waals surface area contributed by atoms with Crippen molar-refractivity contribution in [1.29, 1.82) is 0 Å². The monoisotopic (exact) mass is 219 g/mol. The molecule has 0 aromatic heterocycles. The van der Waals surface area contributed by atoms with Crippen LogP contribution in [-0.4, -0.2) is 41.1 Å². The molecule has 0 spiro atoms. The lowest BCUT2D eigenvalue weighted by molar-refractivity contribution is 0.00501. The van der Waals surface area contributed by atoms with Crippen LogP contribution in [0.3, 0.4) is 0 Å². The van der Waals surface area contributed by atoms with Gasteiger partial charge < -0.3 is 5.11 Å². The number of hydrogen-bond donors (Lipinski definition) is 1. The molecule has 0 aromatic rings. The quantitative estimate of drug-likeness (QED) is 0.720. The van der Waals surface area contributed by atoms with Crippen molar-refractivity contribution < 1.29 is 5.11 Å². The highest BCUT2D eigenvalue weighted by Gasteiger charge is 2.37. The van der Waals surface area contributed by atoms with Crippen LogP contribution in [0.1, 0.15) is 33.6 Å². The van der Waals surface area contributed by atoms with E-state index in [1.807, 2.05) is 0 Å². The molecule has 1 fully saturated rings. The van der Waals surface area contributed by atoms with Gasteiger partial charge in [-0.25, -0.2) is 0 Å². The second-order valence-electron chi connectivity index (χ2n) is 5.49. The molecular weight excluding hydrogens is 198 g/mol. The Kier molecular flexibility index (Phi) is 3.84. The smallest absolute Gasteiger partial charge is 0.0511 e. The van der Waals surface area contributed by atoms with E-state index in [1.54, 1.807) is 0 Å². The van der Waals surface area contributed by atoms with Crippen LogP contribution in [0.25, 0.3) is 0 Å². The molecule has 0 saturated carbocycles. The molecule has 1 saturated heterocycles. The number of aliphatic hydroxyl groups excluding tert-OH is 1. The van der Waals surface area contributed by atoms with Gasteiger partial charge in [-0.05, 0) is 40.2 Å². The normalized spacial score (nSPS) is 30.6. The van der Waals surface area contributed by atoms with Crippen LogP contribution >= 0.6 is 11.6 Å². The van der Waals surface area contributed by atoms with Crippen molar-refractivity contribution in [2.45, 2.75) is 39.2 Å². The van der Waals surface area contributed by atoms with E-state index in [2.05, 4.69) is 25.7 Å². The molecule has 1 heterocycles. The maximum atomic E-state index is 9.41. The summed E-state index contributed by atoms with van der Waals surface area (Å²) < 4.78 is 0. The highest BCUT2D eigenvalue weighted by atomic mass is 35.5. The molecule has 1 atom stereocenters. The Morgan fingerprint density at radius 3 is 2.50 bits per heavy atom. The molecule has 0 bridgehead atoms. The highest BCUT2D eigenvalue weighted by molar-refractivity contribution is 6.18. The van der Waals surface area contributed by atoms with Crippen molar-refractivity contribution >= 4 is 11.6 Å². The molecule has 0 unspecified atom stereocenters. The largest absolute Gasteiger partial charge is 0.396 e. The third-order valence-electron chi connectivity index (χ3n) is 3.23. The van der Waals surface area contributed by atoms with Gasteiger partial charge in [-0.1, -0.05) is 0 Å². The average molecular weight is 220 g/mol. The number of alkyl halides is 1. The molecular formula is C11H22ClNO. The number of nitrogens with zero attached hydrogens (tertiary/aromatic N) is 1. The summed E-state index contributed by atoms with van der Waals surface area (Å²) in [5.41, 5.74) is 0.125. The summed E-state index contributed by atoms with van der Waals surface area (Å²) in [6, 6.07) is 0. The zero-order valence-electron chi connectivity index (χ0n) is 9.52. The topological polar surface area (TPSA) is 23.5 Å². The summed E-state index contributed by atoms with van der Waals surface area (Å²) in [6.45, 7) is 8.92. The van der Waals surface area contributed by atoms with Crippen LogP contribution in [0.2, 0.25) is 0 Å². The summed E-state index contributed by atoms with van der Waals surface area (Å²) >= 11 is 5.97. The van der Waals surface area contributed by atoms with E-state index in [0.717, 1.165) is 25.9 Å². The molecule has 0 aromatic carbocycles. The first kappa shape index (κ1) is 12.3. The van der Waals surface area contributed by atoms with Crippen molar-refractivity contribution in [2.24, 2.45) is 5.41 Å². The molecule has 14 heavy (non-hydrogen) atoms. The van der Waals surface area contributed by atoms with Gasteiger partial charge in [0.2, 0.25) is 0 Å². The maximum Gasteiger partial charge on any atom is 0.0511 e. The second kappa shape index (κ2) is 4.38. The fourth-order valence-corrected chi connectivity index (χ4v) is 2.36. The lowest BCUT2D eigenvalue weighted by Gasteiger charge is -2.46. The fraction of sp³-hybridized carbons (Fsp3) is 1.00. The molecule has 1 aliphatic rings. The van der Waals surface area contributed by atoms with Crippen LogP contribution in [0.5, 0.6) is 0 Å². The van der Waals surface area contributed by atoms with Crippen molar-refractivity contribution in [3.63, 3.8) is 0 Å². The Labute approximate surface area is 92.2 Å². The zero-order chi connectivity index (χ0) is 10.8. The van der Waals surface area contributed by atoms with Crippen LogP contribution < -0.4 is 0 Å². The van der Waals surface area contributed by atoms with E-state index >= 15 is 0 Å². The molecule has 0 amide bonds. The van der Waals surface area contributed by atoms with Gasteiger partial charge in [-0.15, -0.1) is 11.6 Å². The van der Waals surface area contributed by atoms with E-state index < -0.39 is 0 Å². The predicted octanol–water partition coefficient (Wildman–Crippen LogP) is 2.10.